The van der Waals surface area contributed by atoms with E-state index in [0.29, 0.717) is 11.3 Å². The van der Waals surface area contributed by atoms with Gasteiger partial charge in [0, 0.05) is 17.7 Å². The summed E-state index contributed by atoms with van der Waals surface area (Å²) in [5.74, 6) is 0. The Balaban J connectivity index is 2.33. The van der Waals surface area contributed by atoms with Crippen LogP contribution in [-0.4, -0.2) is 27.5 Å². The molecular weight excluding hydrogens is 268 g/mol. The first-order chi connectivity index (χ1) is 9.62. The quantitative estimate of drug-likeness (QED) is 0.864. The maximum atomic E-state index is 12.3. The van der Waals surface area contributed by atoms with Gasteiger partial charge in [-0.1, -0.05) is 29.8 Å². The van der Waals surface area contributed by atoms with Gasteiger partial charge in [0.2, 0.25) is 0 Å². The van der Waals surface area contributed by atoms with Crippen LogP contribution >= 0.6 is 0 Å². The predicted octanol–water partition coefficient (Wildman–Crippen LogP) is 3.16. The summed E-state index contributed by atoms with van der Waals surface area (Å²) >= 11 is 0. The van der Waals surface area contributed by atoms with Crippen molar-refractivity contribution < 1.29 is 14.6 Å². The molecule has 1 aliphatic heterocycles. The monoisotopic (exact) mass is 290 g/mol. The topological polar surface area (TPSA) is 62.1 Å². The Morgan fingerprint density at radius 3 is 2.38 bits per heavy atom. The first-order valence-corrected chi connectivity index (χ1v) is 6.99. The Labute approximate surface area is 125 Å². The van der Waals surface area contributed by atoms with E-state index in [2.05, 4.69) is 5.10 Å². The maximum absolute atomic E-state index is 12.3. The molecule has 1 aromatic rings. The molecule has 2 rings (SSSR count). The van der Waals surface area contributed by atoms with E-state index < -0.39 is 17.4 Å². The zero-order chi connectivity index (χ0) is 15.8. The van der Waals surface area contributed by atoms with Crippen molar-refractivity contribution >= 4 is 11.8 Å². The van der Waals surface area contributed by atoms with E-state index in [1.807, 2.05) is 19.1 Å². The zero-order valence-electron chi connectivity index (χ0n) is 13.2. The molecule has 0 saturated carbocycles. The molecule has 114 valence electrons. The smallest absolute Gasteiger partial charge is 0.433 e. The first kappa shape index (κ1) is 15.5. The van der Waals surface area contributed by atoms with Gasteiger partial charge >= 0.3 is 6.09 Å². The zero-order valence-corrected chi connectivity index (χ0v) is 13.2. The summed E-state index contributed by atoms with van der Waals surface area (Å²) in [6.45, 7) is 9.09. The van der Waals surface area contributed by atoms with Crippen molar-refractivity contribution in [1.29, 1.82) is 0 Å². The van der Waals surface area contributed by atoms with Crippen LogP contribution in [0.2, 0.25) is 0 Å². The van der Waals surface area contributed by atoms with E-state index in [4.69, 9.17) is 4.74 Å². The Morgan fingerprint density at radius 1 is 1.29 bits per heavy atom. The van der Waals surface area contributed by atoms with Crippen molar-refractivity contribution in [1.82, 2.24) is 5.01 Å². The molecule has 1 atom stereocenters. The average molecular weight is 290 g/mol. The highest BCUT2D eigenvalue weighted by Gasteiger charge is 2.46. The van der Waals surface area contributed by atoms with Crippen molar-refractivity contribution in [2.75, 3.05) is 0 Å². The lowest BCUT2D eigenvalue weighted by molar-refractivity contribution is -0.0975. The van der Waals surface area contributed by atoms with Gasteiger partial charge in [-0.15, -0.1) is 0 Å². The molecule has 1 aliphatic rings. The molecule has 1 aromatic carbocycles. The lowest BCUT2D eigenvalue weighted by Gasteiger charge is -2.32. The third-order valence-electron chi connectivity index (χ3n) is 3.20. The number of aliphatic hydroxyl groups is 1. The summed E-state index contributed by atoms with van der Waals surface area (Å²) in [6.07, 6.45) is -0.377. The number of nitrogens with zero attached hydrogens (tertiary/aromatic N) is 2. The van der Waals surface area contributed by atoms with Gasteiger partial charge in [0.15, 0.2) is 5.72 Å². The van der Waals surface area contributed by atoms with Gasteiger partial charge in [-0.25, -0.2) is 4.79 Å². The largest absolute Gasteiger partial charge is 0.442 e. The van der Waals surface area contributed by atoms with Gasteiger partial charge in [0.05, 0.1) is 0 Å². The highest BCUT2D eigenvalue weighted by Crippen LogP contribution is 2.36. The second-order valence-electron chi connectivity index (χ2n) is 6.49. The fourth-order valence-corrected chi connectivity index (χ4v) is 2.26. The van der Waals surface area contributed by atoms with Crippen LogP contribution in [-0.2, 0) is 10.5 Å². The van der Waals surface area contributed by atoms with E-state index in [1.165, 1.54) is 0 Å². The molecule has 0 unspecified atom stereocenters. The number of ether oxygens (including phenoxy) is 1. The highest BCUT2D eigenvalue weighted by atomic mass is 16.6. The molecule has 0 radical (unpaired) electrons. The lowest BCUT2D eigenvalue weighted by Crippen LogP contribution is -2.45. The van der Waals surface area contributed by atoms with Gasteiger partial charge in [-0.3, -0.25) is 0 Å². The summed E-state index contributed by atoms with van der Waals surface area (Å²) in [6, 6.07) is 7.41. The van der Waals surface area contributed by atoms with Crippen LogP contribution in [0.25, 0.3) is 0 Å². The lowest BCUT2D eigenvalue weighted by atomic mass is 9.97. The molecule has 0 aliphatic carbocycles. The predicted molar refractivity (Wildman–Crippen MR) is 80.9 cm³/mol. The number of hydrazone groups is 1. The van der Waals surface area contributed by atoms with Crippen molar-refractivity contribution in [2.24, 2.45) is 5.10 Å². The molecule has 1 amide bonds. The minimum atomic E-state index is -1.49. The molecule has 1 N–H and O–H groups in total. The third kappa shape index (κ3) is 3.24. The van der Waals surface area contributed by atoms with Crippen molar-refractivity contribution in [2.45, 2.75) is 52.4 Å². The van der Waals surface area contributed by atoms with E-state index in [0.717, 1.165) is 10.6 Å². The number of hydrogen-bond donors (Lipinski definition) is 1. The van der Waals surface area contributed by atoms with Gasteiger partial charge in [-0.2, -0.15) is 10.1 Å². The minimum Gasteiger partial charge on any atom is -0.442 e. The van der Waals surface area contributed by atoms with E-state index >= 15 is 0 Å². The fourth-order valence-electron chi connectivity index (χ4n) is 2.26. The van der Waals surface area contributed by atoms with Crippen molar-refractivity contribution in [3.63, 3.8) is 0 Å². The number of amides is 1. The molecular formula is C16H22N2O3. The number of aryl methyl sites for hydroxylation is 1. The molecule has 0 fully saturated rings. The maximum Gasteiger partial charge on any atom is 0.433 e. The van der Waals surface area contributed by atoms with Crippen molar-refractivity contribution in [3.05, 3.63) is 35.4 Å². The van der Waals surface area contributed by atoms with E-state index in [-0.39, 0.29) is 6.42 Å². The average Bonchev–Trinajstić information content (AvgIpc) is 2.64. The Morgan fingerprint density at radius 2 is 1.86 bits per heavy atom. The molecule has 0 bridgehead atoms. The van der Waals surface area contributed by atoms with Crippen molar-refractivity contribution in [3.8, 4) is 0 Å². The van der Waals surface area contributed by atoms with Crippen LogP contribution in [0.1, 0.15) is 45.2 Å². The minimum absolute atomic E-state index is 0.273. The van der Waals surface area contributed by atoms with Crippen LogP contribution < -0.4 is 0 Å². The van der Waals surface area contributed by atoms with Crippen LogP contribution in [0.5, 0.6) is 0 Å². The molecule has 21 heavy (non-hydrogen) atoms. The molecule has 1 heterocycles. The third-order valence-corrected chi connectivity index (χ3v) is 3.20. The molecule has 0 aromatic heterocycles. The number of hydrogen-bond acceptors (Lipinski definition) is 4. The van der Waals surface area contributed by atoms with Gasteiger partial charge < -0.3 is 9.84 Å². The molecule has 0 saturated heterocycles. The van der Waals surface area contributed by atoms with Gasteiger partial charge in [0.25, 0.3) is 0 Å². The normalized spacial score (nSPS) is 22.2. The molecule has 0 spiro atoms. The summed E-state index contributed by atoms with van der Waals surface area (Å²) < 4.78 is 5.33. The van der Waals surface area contributed by atoms with E-state index in [1.54, 1.807) is 39.8 Å². The second-order valence-corrected chi connectivity index (χ2v) is 6.49. The Hall–Kier alpha value is -1.88. The highest BCUT2D eigenvalue weighted by molar-refractivity contribution is 5.87. The summed E-state index contributed by atoms with van der Waals surface area (Å²) in [5.41, 5.74) is 0.266. The van der Waals surface area contributed by atoms with Crippen LogP contribution in [0, 0.1) is 6.92 Å². The first-order valence-electron chi connectivity index (χ1n) is 6.99. The summed E-state index contributed by atoms with van der Waals surface area (Å²) in [4.78, 5) is 12.3. The molecule has 5 heteroatoms. The van der Waals surface area contributed by atoms with Crippen LogP contribution in [0.3, 0.4) is 0 Å². The Kier molecular flexibility index (Phi) is 3.80. The second kappa shape index (κ2) is 5.15. The number of carbonyl (C=O) groups is 1. The summed E-state index contributed by atoms with van der Waals surface area (Å²) in [7, 11) is 0. The van der Waals surface area contributed by atoms with E-state index in [9.17, 15) is 9.90 Å². The number of rotatable bonds is 1. The summed E-state index contributed by atoms with van der Waals surface area (Å²) in [5, 5.41) is 16.2. The fraction of sp³-hybridized carbons (Fsp3) is 0.500. The van der Waals surface area contributed by atoms with Gasteiger partial charge in [0.1, 0.15) is 5.60 Å². The standard InChI is InChI=1S/C16H22N2O3/c1-11-6-8-13(9-7-11)16(20)10-12(2)17-18(16)14(19)21-15(3,4)5/h6-9,20H,10H2,1-5H3/t16-/m1/s1. The van der Waals surface area contributed by atoms with Gasteiger partial charge in [-0.05, 0) is 34.6 Å². The van der Waals surface area contributed by atoms with Crippen LogP contribution in [0.4, 0.5) is 4.79 Å². The SMILES string of the molecule is CC1=NN(C(=O)OC(C)(C)C)[C@](O)(c2ccc(C)cc2)C1. The number of benzene rings is 1. The number of carbonyl (C=O) groups excluding carboxylic acids is 1. The Bertz CT molecular complexity index is 572. The van der Waals surface area contributed by atoms with Crippen LogP contribution in [0.15, 0.2) is 29.4 Å². The molecule has 5 nitrogen and oxygen atoms in total.